The van der Waals surface area contributed by atoms with Gasteiger partial charge in [-0.2, -0.15) is 0 Å². The lowest BCUT2D eigenvalue weighted by atomic mass is 10.1. The summed E-state index contributed by atoms with van der Waals surface area (Å²) in [6.07, 6.45) is 6.16. The highest BCUT2D eigenvalue weighted by Gasteiger charge is 2.17. The summed E-state index contributed by atoms with van der Waals surface area (Å²) in [5.41, 5.74) is 6.57. The number of benzene rings is 1. The molecule has 0 N–H and O–H groups in total. The first-order valence-electron chi connectivity index (χ1n) is 12.9. The lowest BCUT2D eigenvalue weighted by Gasteiger charge is -2.25. The van der Waals surface area contributed by atoms with Crippen molar-refractivity contribution in [3.63, 3.8) is 0 Å². The highest BCUT2D eigenvalue weighted by atomic mass is 32.2. The van der Waals surface area contributed by atoms with E-state index >= 15 is 0 Å². The molecule has 4 aromatic rings. The van der Waals surface area contributed by atoms with E-state index < -0.39 is 10.8 Å². The molecule has 0 atom stereocenters. The third kappa shape index (κ3) is 5.70. The van der Waals surface area contributed by atoms with Gasteiger partial charge in [-0.15, -0.1) is 0 Å². The van der Waals surface area contributed by atoms with Crippen LogP contribution in [0.5, 0.6) is 0 Å². The Labute approximate surface area is 222 Å². The van der Waals surface area contributed by atoms with Crippen LogP contribution in [0.4, 0.5) is 11.5 Å². The summed E-state index contributed by atoms with van der Waals surface area (Å²) in [6.45, 7) is 2.92. The van der Waals surface area contributed by atoms with Crippen molar-refractivity contribution in [2.75, 3.05) is 69.1 Å². The normalized spacial score (nSPS) is 14.8. The Hall–Kier alpha value is -3.23. The third-order valence-electron chi connectivity index (χ3n) is 7.07. The van der Waals surface area contributed by atoms with Crippen LogP contribution in [0, 0.1) is 0 Å². The van der Waals surface area contributed by atoms with Crippen LogP contribution in [-0.2, 0) is 17.2 Å². The zero-order valence-electron chi connectivity index (χ0n) is 22.2. The average Bonchev–Trinajstić information content (AvgIpc) is 3.28. The molecule has 8 heteroatoms. The zero-order chi connectivity index (χ0) is 25.9. The molecule has 0 amide bonds. The van der Waals surface area contributed by atoms with Gasteiger partial charge in [0.1, 0.15) is 11.5 Å². The fourth-order valence-electron chi connectivity index (χ4n) is 4.85. The van der Waals surface area contributed by atoms with Gasteiger partial charge < -0.3 is 19.3 Å². The Morgan fingerprint density at radius 3 is 2.41 bits per heavy atom. The molecule has 1 aliphatic rings. The lowest BCUT2D eigenvalue weighted by molar-refractivity contribution is 0.296. The maximum Gasteiger partial charge on any atom is 0.145 e. The van der Waals surface area contributed by atoms with E-state index in [1.54, 1.807) is 0 Å². The number of anilines is 2. The van der Waals surface area contributed by atoms with Crippen LogP contribution in [0.3, 0.4) is 0 Å². The van der Waals surface area contributed by atoms with E-state index in [0.717, 1.165) is 72.4 Å². The highest BCUT2D eigenvalue weighted by molar-refractivity contribution is 7.85. The summed E-state index contributed by atoms with van der Waals surface area (Å²) in [6, 6.07) is 17.1. The standard InChI is InChI=1S/C29H36N6OS/c1-32(2)24-9-7-22(8-10-24)27-12-11-26-23(6-5-15-34-16-18-37(36)19-17-34)21-35(29(26)31-27)25-13-14-30-28(20-25)33(3)4/h7-14,20-21H,5-6,15-19H2,1-4H3. The van der Waals surface area contributed by atoms with Crippen molar-refractivity contribution in [3.8, 4) is 16.9 Å². The van der Waals surface area contributed by atoms with E-state index in [0.29, 0.717) is 0 Å². The predicted molar refractivity (Wildman–Crippen MR) is 156 cm³/mol. The molecule has 1 fully saturated rings. The number of aromatic nitrogens is 3. The SMILES string of the molecule is CN(C)c1ccc(-c2ccc3c(CCCN4CCS(=O)CC4)cn(-c4ccnc(N(C)C)c4)c3n2)cc1. The summed E-state index contributed by atoms with van der Waals surface area (Å²) >= 11 is 0. The van der Waals surface area contributed by atoms with E-state index in [9.17, 15) is 4.21 Å². The van der Waals surface area contributed by atoms with Gasteiger partial charge in [0.25, 0.3) is 0 Å². The van der Waals surface area contributed by atoms with Crippen molar-refractivity contribution in [1.29, 1.82) is 0 Å². The number of fused-ring (bicyclic) bond motifs is 1. The molecule has 0 unspecified atom stereocenters. The van der Waals surface area contributed by atoms with Crippen molar-refractivity contribution in [1.82, 2.24) is 19.4 Å². The molecule has 7 nitrogen and oxygen atoms in total. The summed E-state index contributed by atoms with van der Waals surface area (Å²) in [5.74, 6) is 2.52. The Balaban J connectivity index is 1.48. The van der Waals surface area contributed by atoms with Gasteiger partial charge in [0.15, 0.2) is 0 Å². The number of rotatable bonds is 8. The molecule has 0 radical (unpaired) electrons. The minimum absolute atomic E-state index is 0.631. The first kappa shape index (κ1) is 25.4. The molecule has 0 spiro atoms. The molecular weight excluding hydrogens is 480 g/mol. The molecule has 5 rings (SSSR count). The zero-order valence-corrected chi connectivity index (χ0v) is 23.0. The second-order valence-electron chi connectivity index (χ2n) is 10.1. The van der Waals surface area contributed by atoms with Gasteiger partial charge in [-0.3, -0.25) is 4.21 Å². The molecule has 0 saturated carbocycles. The van der Waals surface area contributed by atoms with E-state index in [-0.39, 0.29) is 0 Å². The maximum absolute atomic E-state index is 11.7. The van der Waals surface area contributed by atoms with Crippen LogP contribution >= 0.6 is 0 Å². The fraction of sp³-hybridized carbons (Fsp3) is 0.379. The van der Waals surface area contributed by atoms with Crippen LogP contribution in [0.15, 0.2) is 60.9 Å². The quantitative estimate of drug-likeness (QED) is 0.350. The van der Waals surface area contributed by atoms with Gasteiger partial charge in [0.2, 0.25) is 0 Å². The monoisotopic (exact) mass is 516 g/mol. The maximum atomic E-state index is 11.7. The second-order valence-corrected chi connectivity index (χ2v) is 11.8. The first-order valence-corrected chi connectivity index (χ1v) is 14.4. The van der Waals surface area contributed by atoms with E-state index in [4.69, 9.17) is 4.98 Å². The van der Waals surface area contributed by atoms with Gasteiger partial charge >= 0.3 is 0 Å². The van der Waals surface area contributed by atoms with Gasteiger partial charge in [0.05, 0.1) is 11.4 Å². The number of aryl methyl sites for hydroxylation is 1. The molecule has 0 aliphatic carbocycles. The minimum atomic E-state index is -0.631. The molecular formula is C29H36N6OS. The smallest absolute Gasteiger partial charge is 0.145 e. The van der Waals surface area contributed by atoms with Crippen molar-refractivity contribution < 1.29 is 4.21 Å². The van der Waals surface area contributed by atoms with E-state index in [1.807, 2.05) is 31.3 Å². The highest BCUT2D eigenvalue weighted by Crippen LogP contribution is 2.29. The van der Waals surface area contributed by atoms with Gasteiger partial charge in [0, 0.05) is 98.7 Å². The average molecular weight is 517 g/mol. The molecule has 3 aromatic heterocycles. The Morgan fingerprint density at radius 2 is 1.70 bits per heavy atom. The van der Waals surface area contributed by atoms with Crippen LogP contribution in [0.25, 0.3) is 28.0 Å². The lowest BCUT2D eigenvalue weighted by Crippen LogP contribution is -2.38. The summed E-state index contributed by atoms with van der Waals surface area (Å²) < 4.78 is 13.9. The molecule has 194 valence electrons. The van der Waals surface area contributed by atoms with Crippen LogP contribution < -0.4 is 9.80 Å². The number of pyridine rings is 2. The molecule has 4 heterocycles. The third-order valence-corrected chi connectivity index (χ3v) is 8.35. The van der Waals surface area contributed by atoms with Gasteiger partial charge in [-0.05, 0) is 55.3 Å². The number of nitrogens with zero attached hydrogens (tertiary/aromatic N) is 6. The topological polar surface area (TPSA) is 57.5 Å². The first-order chi connectivity index (χ1) is 17.9. The fourth-order valence-corrected chi connectivity index (χ4v) is 5.98. The van der Waals surface area contributed by atoms with Crippen LogP contribution in [0.2, 0.25) is 0 Å². The second kappa shape index (κ2) is 11.0. The summed E-state index contributed by atoms with van der Waals surface area (Å²) in [5, 5.41) is 1.19. The number of hydrogen-bond donors (Lipinski definition) is 0. The van der Waals surface area contributed by atoms with Crippen LogP contribution in [0.1, 0.15) is 12.0 Å². The van der Waals surface area contributed by atoms with Gasteiger partial charge in [-0.1, -0.05) is 12.1 Å². The van der Waals surface area contributed by atoms with Crippen molar-refractivity contribution in [3.05, 3.63) is 66.5 Å². The minimum Gasteiger partial charge on any atom is -0.378 e. The Bertz CT molecular complexity index is 1390. The molecule has 1 saturated heterocycles. The number of hydrogen-bond acceptors (Lipinski definition) is 6. The van der Waals surface area contributed by atoms with Crippen LogP contribution in [-0.4, -0.2) is 83.0 Å². The van der Waals surface area contributed by atoms with E-state index in [2.05, 4.69) is 82.1 Å². The largest absolute Gasteiger partial charge is 0.378 e. The molecule has 0 bridgehead atoms. The van der Waals surface area contributed by atoms with Crippen molar-refractivity contribution in [2.24, 2.45) is 0 Å². The molecule has 37 heavy (non-hydrogen) atoms. The molecule has 1 aromatic carbocycles. The Morgan fingerprint density at radius 1 is 0.946 bits per heavy atom. The summed E-state index contributed by atoms with van der Waals surface area (Å²) in [4.78, 5) is 16.2. The van der Waals surface area contributed by atoms with Gasteiger partial charge in [-0.25, -0.2) is 9.97 Å². The van der Waals surface area contributed by atoms with E-state index in [1.165, 1.54) is 16.6 Å². The molecule has 1 aliphatic heterocycles. The van der Waals surface area contributed by atoms with Crippen molar-refractivity contribution in [2.45, 2.75) is 12.8 Å². The Kier molecular flexibility index (Phi) is 7.58. The summed E-state index contributed by atoms with van der Waals surface area (Å²) in [7, 11) is 7.49. The van der Waals surface area contributed by atoms with Crippen molar-refractivity contribution >= 4 is 33.3 Å². The predicted octanol–water partition coefficient (Wildman–Crippen LogP) is 4.22.